The van der Waals surface area contributed by atoms with Gasteiger partial charge in [-0.25, -0.2) is 9.97 Å². The van der Waals surface area contributed by atoms with Gasteiger partial charge in [-0.05, 0) is 50.1 Å². The first-order valence-electron chi connectivity index (χ1n) is 8.70. The van der Waals surface area contributed by atoms with E-state index in [0.29, 0.717) is 10.6 Å². The normalized spacial score (nSPS) is 12.4. The molecule has 1 N–H and O–H groups in total. The van der Waals surface area contributed by atoms with Gasteiger partial charge in [0.2, 0.25) is 5.91 Å². The van der Waals surface area contributed by atoms with Crippen molar-refractivity contribution in [3.8, 4) is 0 Å². The summed E-state index contributed by atoms with van der Waals surface area (Å²) in [6.07, 6.45) is 1.52. The lowest BCUT2D eigenvalue weighted by Crippen LogP contribution is -2.23. The third kappa shape index (κ3) is 3.40. The van der Waals surface area contributed by atoms with E-state index in [0.717, 1.165) is 33.3 Å². The third-order valence-electron chi connectivity index (χ3n) is 4.43. The second-order valence-corrected chi connectivity index (χ2v) is 7.85. The molecule has 0 saturated heterocycles. The summed E-state index contributed by atoms with van der Waals surface area (Å²) in [4.78, 5) is 21.4. The molecule has 136 valence electrons. The van der Waals surface area contributed by atoms with Crippen molar-refractivity contribution in [3.63, 3.8) is 0 Å². The number of carbonyl (C=O) groups is 1. The molecule has 2 heterocycles. The van der Waals surface area contributed by atoms with Crippen LogP contribution in [0.5, 0.6) is 0 Å². The van der Waals surface area contributed by atoms with Crippen LogP contribution in [-0.2, 0) is 4.79 Å². The largest absolute Gasteiger partial charge is 0.451 e. The Morgan fingerprint density at radius 3 is 2.81 bits per heavy atom. The Hall–Kier alpha value is -2.86. The number of benzene rings is 2. The zero-order valence-corrected chi connectivity index (χ0v) is 16.1. The Kier molecular flexibility index (Phi) is 4.58. The average molecular weight is 377 g/mol. The quantitative estimate of drug-likeness (QED) is 0.395. The zero-order chi connectivity index (χ0) is 19.0. The molecule has 1 amide bonds. The molecule has 6 heteroatoms. The summed E-state index contributed by atoms with van der Waals surface area (Å²) in [6.45, 7) is 5.85. The van der Waals surface area contributed by atoms with E-state index < -0.39 is 0 Å². The lowest BCUT2D eigenvalue weighted by molar-refractivity contribution is -0.115. The summed E-state index contributed by atoms with van der Waals surface area (Å²) >= 11 is 1.37. The number of nitrogens with one attached hydrogen (secondary N) is 1. The van der Waals surface area contributed by atoms with Crippen molar-refractivity contribution in [2.75, 3.05) is 5.32 Å². The Bertz CT molecular complexity index is 1150. The Morgan fingerprint density at radius 1 is 1.15 bits per heavy atom. The highest BCUT2D eigenvalue weighted by Gasteiger charge is 2.20. The molecule has 0 fully saturated rings. The highest BCUT2D eigenvalue weighted by atomic mass is 32.2. The fourth-order valence-corrected chi connectivity index (χ4v) is 3.77. The highest BCUT2D eigenvalue weighted by Crippen LogP contribution is 2.34. The van der Waals surface area contributed by atoms with Gasteiger partial charge < -0.3 is 9.73 Å². The molecule has 0 aliphatic heterocycles. The van der Waals surface area contributed by atoms with Gasteiger partial charge >= 0.3 is 0 Å². The summed E-state index contributed by atoms with van der Waals surface area (Å²) in [5.74, 6) is -0.0726. The third-order valence-corrected chi connectivity index (χ3v) is 5.52. The molecule has 0 aliphatic rings. The SMILES string of the molecule is Cc1ccc(C)c(NC(=O)[C@@H](C)Sc2ncnc3c2oc2ccccc23)c1. The molecule has 0 saturated carbocycles. The van der Waals surface area contributed by atoms with Crippen molar-refractivity contribution < 1.29 is 9.21 Å². The van der Waals surface area contributed by atoms with E-state index in [9.17, 15) is 4.79 Å². The lowest BCUT2D eigenvalue weighted by atomic mass is 10.1. The van der Waals surface area contributed by atoms with Gasteiger partial charge in [-0.2, -0.15) is 0 Å². The molecular formula is C21H19N3O2S. The topological polar surface area (TPSA) is 68.0 Å². The maximum Gasteiger partial charge on any atom is 0.237 e. The standard InChI is InChI=1S/C21H19N3O2S/c1-12-8-9-13(2)16(10-12)24-20(25)14(3)27-21-19-18(22-11-23-21)15-6-4-5-7-17(15)26-19/h4-11,14H,1-3H3,(H,24,25)/t14-/m1/s1. The van der Waals surface area contributed by atoms with Crippen molar-refractivity contribution in [1.82, 2.24) is 9.97 Å². The molecule has 1 atom stereocenters. The minimum atomic E-state index is -0.337. The maximum atomic E-state index is 12.7. The van der Waals surface area contributed by atoms with E-state index in [-0.39, 0.29) is 11.2 Å². The molecule has 0 unspecified atom stereocenters. The molecule has 27 heavy (non-hydrogen) atoms. The second kappa shape index (κ2) is 7.04. The molecule has 0 spiro atoms. The number of hydrogen-bond donors (Lipinski definition) is 1. The minimum absolute atomic E-state index is 0.0726. The molecule has 0 bridgehead atoms. The number of amides is 1. The molecular weight excluding hydrogens is 358 g/mol. The molecule has 2 aromatic carbocycles. The number of furan rings is 1. The number of para-hydroxylation sites is 1. The summed E-state index contributed by atoms with van der Waals surface area (Å²) in [6, 6.07) is 13.8. The Morgan fingerprint density at radius 2 is 1.96 bits per heavy atom. The summed E-state index contributed by atoms with van der Waals surface area (Å²) in [7, 11) is 0. The van der Waals surface area contributed by atoms with Crippen molar-refractivity contribution in [2.45, 2.75) is 31.0 Å². The van der Waals surface area contributed by atoms with Crippen molar-refractivity contribution in [3.05, 3.63) is 59.9 Å². The van der Waals surface area contributed by atoms with E-state index in [1.165, 1.54) is 18.1 Å². The van der Waals surface area contributed by atoms with Crippen LogP contribution in [0.1, 0.15) is 18.1 Å². The van der Waals surface area contributed by atoms with Crippen LogP contribution in [0.2, 0.25) is 0 Å². The zero-order valence-electron chi connectivity index (χ0n) is 15.3. The van der Waals surface area contributed by atoms with E-state index >= 15 is 0 Å². The number of nitrogens with zero attached hydrogens (tertiary/aromatic N) is 2. The molecule has 2 aromatic heterocycles. The first kappa shape index (κ1) is 17.5. The molecule has 4 rings (SSSR count). The minimum Gasteiger partial charge on any atom is -0.451 e. The summed E-state index contributed by atoms with van der Waals surface area (Å²) < 4.78 is 5.94. The van der Waals surface area contributed by atoms with Crippen LogP contribution in [0.3, 0.4) is 0 Å². The molecule has 5 nitrogen and oxygen atoms in total. The lowest BCUT2D eigenvalue weighted by Gasteiger charge is -2.13. The van der Waals surface area contributed by atoms with Gasteiger partial charge in [-0.3, -0.25) is 4.79 Å². The van der Waals surface area contributed by atoms with Crippen molar-refractivity contribution in [2.24, 2.45) is 0 Å². The highest BCUT2D eigenvalue weighted by molar-refractivity contribution is 8.00. The number of thioether (sulfide) groups is 1. The van der Waals surface area contributed by atoms with E-state index in [1.54, 1.807) is 0 Å². The van der Waals surface area contributed by atoms with E-state index in [2.05, 4.69) is 15.3 Å². The van der Waals surface area contributed by atoms with E-state index in [4.69, 9.17) is 4.42 Å². The monoisotopic (exact) mass is 377 g/mol. The molecule has 0 aliphatic carbocycles. The average Bonchev–Trinajstić information content (AvgIpc) is 3.04. The molecule has 0 radical (unpaired) electrons. The van der Waals surface area contributed by atoms with Crippen molar-refractivity contribution in [1.29, 1.82) is 0 Å². The molecule has 4 aromatic rings. The Balaban J connectivity index is 1.60. The van der Waals surface area contributed by atoms with Gasteiger partial charge in [-0.15, -0.1) is 0 Å². The Labute approximate surface area is 161 Å². The first-order chi connectivity index (χ1) is 13.0. The summed E-state index contributed by atoms with van der Waals surface area (Å²) in [5, 5.41) is 4.29. The summed E-state index contributed by atoms with van der Waals surface area (Å²) in [5.41, 5.74) is 5.13. The van der Waals surface area contributed by atoms with Crippen LogP contribution in [0.15, 0.2) is 58.2 Å². The predicted octanol–water partition coefficient (Wildman–Crippen LogP) is 5.11. The number of aryl methyl sites for hydroxylation is 2. The smallest absolute Gasteiger partial charge is 0.237 e. The number of fused-ring (bicyclic) bond motifs is 3. The van der Waals surface area contributed by atoms with Crippen LogP contribution in [-0.4, -0.2) is 21.1 Å². The van der Waals surface area contributed by atoms with Gasteiger partial charge in [0, 0.05) is 11.1 Å². The van der Waals surface area contributed by atoms with Crippen LogP contribution < -0.4 is 5.32 Å². The predicted molar refractivity (Wildman–Crippen MR) is 109 cm³/mol. The van der Waals surface area contributed by atoms with Crippen LogP contribution in [0.4, 0.5) is 5.69 Å². The van der Waals surface area contributed by atoms with Gasteiger partial charge in [0.05, 0.1) is 5.25 Å². The van der Waals surface area contributed by atoms with Gasteiger partial charge in [0.1, 0.15) is 22.5 Å². The van der Waals surface area contributed by atoms with Gasteiger partial charge in [-0.1, -0.05) is 36.0 Å². The number of anilines is 1. The number of carbonyl (C=O) groups excluding carboxylic acids is 1. The van der Waals surface area contributed by atoms with Gasteiger partial charge in [0.15, 0.2) is 5.58 Å². The van der Waals surface area contributed by atoms with Gasteiger partial charge in [0.25, 0.3) is 0 Å². The van der Waals surface area contributed by atoms with Crippen LogP contribution in [0, 0.1) is 13.8 Å². The van der Waals surface area contributed by atoms with Crippen molar-refractivity contribution >= 4 is 45.4 Å². The number of hydrogen-bond acceptors (Lipinski definition) is 5. The fourth-order valence-electron chi connectivity index (χ4n) is 2.91. The van der Waals surface area contributed by atoms with Crippen LogP contribution >= 0.6 is 11.8 Å². The second-order valence-electron chi connectivity index (χ2n) is 6.52. The number of rotatable bonds is 4. The first-order valence-corrected chi connectivity index (χ1v) is 9.58. The van der Waals surface area contributed by atoms with E-state index in [1.807, 2.05) is 63.2 Å². The number of aromatic nitrogens is 2. The fraction of sp³-hybridized carbons (Fsp3) is 0.190. The maximum absolute atomic E-state index is 12.7. The van der Waals surface area contributed by atoms with Crippen LogP contribution in [0.25, 0.3) is 22.1 Å².